The van der Waals surface area contributed by atoms with E-state index in [2.05, 4.69) is 25.3 Å². The molecule has 0 bridgehead atoms. The Morgan fingerprint density at radius 1 is 0.829 bits per heavy atom. The van der Waals surface area contributed by atoms with Crippen LogP contribution >= 0.6 is 0 Å². The van der Waals surface area contributed by atoms with Crippen LogP contribution in [0.4, 0.5) is 30.5 Å². The Morgan fingerprint density at radius 2 is 1.54 bits per heavy atom. The van der Waals surface area contributed by atoms with Crippen molar-refractivity contribution < 1.29 is 18.3 Å². The number of hydrogen-bond donors (Lipinski definition) is 2. The highest BCUT2D eigenvalue weighted by Crippen LogP contribution is 2.32. The normalized spacial score (nSPS) is 14.9. The maximum Gasteiger partial charge on any atom is 0.416 e. The average molecular weight is 480 g/mol. The summed E-state index contributed by atoms with van der Waals surface area (Å²) in [6, 6.07) is 20.2. The topological polar surface area (TPSA) is 64.5 Å². The van der Waals surface area contributed by atoms with Gasteiger partial charge in [0.1, 0.15) is 5.75 Å². The molecule has 0 amide bonds. The van der Waals surface area contributed by atoms with Crippen LogP contribution in [0, 0.1) is 0 Å². The second-order valence-electron chi connectivity index (χ2n) is 8.55. The highest BCUT2D eigenvalue weighted by Gasteiger charge is 2.30. The SMILES string of the molecule is Oc1ccc(Nc2nnc(N3CCN(Cc4cccc(C(F)(F)F)c4)CC3)c3ccccc23)cc1. The highest BCUT2D eigenvalue weighted by atomic mass is 19.4. The summed E-state index contributed by atoms with van der Waals surface area (Å²) in [6.07, 6.45) is -4.34. The van der Waals surface area contributed by atoms with Gasteiger partial charge in [0.05, 0.1) is 5.56 Å². The molecule has 4 aromatic rings. The van der Waals surface area contributed by atoms with Crippen LogP contribution < -0.4 is 10.2 Å². The number of piperazine rings is 1. The third kappa shape index (κ3) is 5.14. The summed E-state index contributed by atoms with van der Waals surface area (Å²) in [7, 11) is 0. The first-order valence-corrected chi connectivity index (χ1v) is 11.3. The van der Waals surface area contributed by atoms with Gasteiger partial charge in [0.2, 0.25) is 0 Å². The van der Waals surface area contributed by atoms with Crippen LogP contribution in [0.1, 0.15) is 11.1 Å². The number of alkyl halides is 3. The number of fused-ring (bicyclic) bond motifs is 1. The maximum atomic E-state index is 13.0. The van der Waals surface area contributed by atoms with E-state index in [1.54, 1.807) is 30.3 Å². The number of phenolic OH excluding ortho intramolecular Hbond substituents is 1. The van der Waals surface area contributed by atoms with Gasteiger partial charge in [-0.3, -0.25) is 4.90 Å². The average Bonchev–Trinajstić information content (AvgIpc) is 2.86. The summed E-state index contributed by atoms with van der Waals surface area (Å²) in [6.45, 7) is 3.28. The van der Waals surface area contributed by atoms with Crippen molar-refractivity contribution >= 4 is 28.1 Å². The molecule has 1 aliphatic rings. The Balaban J connectivity index is 1.30. The maximum absolute atomic E-state index is 13.0. The number of aromatic hydroxyl groups is 1. The van der Waals surface area contributed by atoms with Gasteiger partial charge in [0.25, 0.3) is 0 Å². The molecule has 1 fully saturated rings. The van der Waals surface area contributed by atoms with Crippen LogP contribution in [0.3, 0.4) is 0 Å². The van der Waals surface area contributed by atoms with E-state index in [9.17, 15) is 18.3 Å². The standard InChI is InChI=1S/C26H24F3N5O/c27-26(28,29)19-5-3-4-18(16-19)17-33-12-14-34(15-13-33)25-23-7-2-1-6-22(23)24(31-32-25)30-20-8-10-21(35)11-9-20/h1-11,16,35H,12-15,17H2,(H,30,31). The van der Waals surface area contributed by atoms with Crippen molar-refractivity contribution in [2.45, 2.75) is 12.7 Å². The first-order chi connectivity index (χ1) is 16.9. The molecule has 0 radical (unpaired) electrons. The smallest absolute Gasteiger partial charge is 0.416 e. The van der Waals surface area contributed by atoms with Crippen LogP contribution in [0.15, 0.2) is 72.8 Å². The molecular weight excluding hydrogens is 455 g/mol. The molecule has 180 valence electrons. The van der Waals surface area contributed by atoms with Gasteiger partial charge in [-0.1, -0.05) is 42.5 Å². The number of benzene rings is 3. The molecule has 3 aromatic carbocycles. The van der Waals surface area contributed by atoms with Crippen molar-refractivity contribution in [3.05, 3.63) is 83.9 Å². The lowest BCUT2D eigenvalue weighted by molar-refractivity contribution is -0.137. The Hall–Kier alpha value is -3.85. The number of rotatable bonds is 5. The lowest BCUT2D eigenvalue weighted by Gasteiger charge is -2.35. The molecule has 0 spiro atoms. The second kappa shape index (κ2) is 9.42. The Kier molecular flexibility index (Phi) is 6.17. The number of nitrogens with zero attached hydrogens (tertiary/aromatic N) is 4. The van der Waals surface area contributed by atoms with Crippen molar-refractivity contribution in [3.63, 3.8) is 0 Å². The Bertz CT molecular complexity index is 1320. The summed E-state index contributed by atoms with van der Waals surface area (Å²) in [5.74, 6) is 1.60. The van der Waals surface area contributed by atoms with E-state index in [1.807, 2.05) is 24.3 Å². The third-order valence-corrected chi connectivity index (χ3v) is 6.13. The molecule has 5 rings (SSSR count). The van der Waals surface area contributed by atoms with E-state index in [0.29, 0.717) is 44.1 Å². The van der Waals surface area contributed by atoms with Gasteiger partial charge in [0, 0.05) is 49.2 Å². The van der Waals surface area contributed by atoms with E-state index in [0.717, 1.165) is 28.3 Å². The molecule has 1 aliphatic heterocycles. The fourth-order valence-corrected chi connectivity index (χ4v) is 4.32. The van der Waals surface area contributed by atoms with Gasteiger partial charge >= 0.3 is 6.18 Å². The van der Waals surface area contributed by atoms with Gasteiger partial charge < -0.3 is 15.3 Å². The molecular formula is C26H24F3N5O. The minimum Gasteiger partial charge on any atom is -0.508 e. The van der Waals surface area contributed by atoms with Crippen LogP contribution in [0.5, 0.6) is 5.75 Å². The van der Waals surface area contributed by atoms with Crippen LogP contribution in [-0.4, -0.2) is 46.4 Å². The van der Waals surface area contributed by atoms with E-state index >= 15 is 0 Å². The van der Waals surface area contributed by atoms with Gasteiger partial charge in [-0.25, -0.2) is 0 Å². The largest absolute Gasteiger partial charge is 0.508 e. The molecule has 0 saturated carbocycles. The van der Waals surface area contributed by atoms with Crippen LogP contribution in [0.25, 0.3) is 10.8 Å². The number of halogens is 3. The van der Waals surface area contributed by atoms with Gasteiger partial charge in [-0.2, -0.15) is 13.2 Å². The first-order valence-electron chi connectivity index (χ1n) is 11.3. The van der Waals surface area contributed by atoms with Crippen molar-refractivity contribution in [1.82, 2.24) is 15.1 Å². The lowest BCUT2D eigenvalue weighted by Crippen LogP contribution is -2.46. The van der Waals surface area contributed by atoms with Crippen molar-refractivity contribution in [2.75, 3.05) is 36.4 Å². The second-order valence-corrected chi connectivity index (χ2v) is 8.55. The molecule has 6 nitrogen and oxygen atoms in total. The molecule has 9 heteroatoms. The van der Waals surface area contributed by atoms with E-state index < -0.39 is 11.7 Å². The zero-order chi connectivity index (χ0) is 24.4. The predicted octanol–water partition coefficient (Wildman–Crippen LogP) is 5.42. The van der Waals surface area contributed by atoms with Crippen molar-refractivity contribution in [1.29, 1.82) is 0 Å². The van der Waals surface area contributed by atoms with E-state index in [-0.39, 0.29) is 5.75 Å². The summed E-state index contributed by atoms with van der Waals surface area (Å²) in [5.41, 5.74) is 0.831. The zero-order valence-corrected chi connectivity index (χ0v) is 18.8. The third-order valence-electron chi connectivity index (χ3n) is 6.13. The Labute approximate surface area is 200 Å². The van der Waals surface area contributed by atoms with E-state index in [1.165, 1.54) is 12.1 Å². The molecule has 0 atom stereocenters. The minimum absolute atomic E-state index is 0.189. The summed E-state index contributed by atoms with van der Waals surface area (Å²) >= 11 is 0. The summed E-state index contributed by atoms with van der Waals surface area (Å²) in [5, 5.41) is 23.6. The zero-order valence-electron chi connectivity index (χ0n) is 18.8. The summed E-state index contributed by atoms with van der Waals surface area (Å²) in [4.78, 5) is 4.32. The number of anilines is 3. The predicted molar refractivity (Wildman–Crippen MR) is 130 cm³/mol. The molecule has 35 heavy (non-hydrogen) atoms. The van der Waals surface area contributed by atoms with Crippen LogP contribution in [0.2, 0.25) is 0 Å². The lowest BCUT2D eigenvalue weighted by atomic mass is 10.1. The fourth-order valence-electron chi connectivity index (χ4n) is 4.32. The number of aromatic nitrogens is 2. The molecule has 0 aliphatic carbocycles. The van der Waals surface area contributed by atoms with Crippen LogP contribution in [-0.2, 0) is 12.7 Å². The molecule has 0 unspecified atom stereocenters. The minimum atomic E-state index is -4.34. The van der Waals surface area contributed by atoms with Crippen molar-refractivity contribution in [2.24, 2.45) is 0 Å². The molecule has 2 heterocycles. The Morgan fingerprint density at radius 3 is 2.26 bits per heavy atom. The summed E-state index contributed by atoms with van der Waals surface area (Å²) < 4.78 is 39.1. The van der Waals surface area contributed by atoms with Gasteiger partial charge in [-0.15, -0.1) is 10.2 Å². The quantitative estimate of drug-likeness (QED) is 0.373. The number of hydrogen-bond acceptors (Lipinski definition) is 6. The fraction of sp³-hybridized carbons (Fsp3) is 0.231. The monoisotopic (exact) mass is 479 g/mol. The van der Waals surface area contributed by atoms with E-state index in [4.69, 9.17) is 0 Å². The highest BCUT2D eigenvalue weighted by molar-refractivity contribution is 5.99. The molecule has 2 N–H and O–H groups in total. The molecule has 1 saturated heterocycles. The first kappa shape index (κ1) is 22.9. The number of nitrogens with one attached hydrogen (secondary N) is 1. The van der Waals surface area contributed by atoms with Gasteiger partial charge in [0.15, 0.2) is 11.6 Å². The number of phenols is 1. The molecule has 1 aromatic heterocycles. The van der Waals surface area contributed by atoms with Crippen molar-refractivity contribution in [3.8, 4) is 5.75 Å². The van der Waals surface area contributed by atoms with Gasteiger partial charge in [-0.05, 0) is 35.9 Å².